The van der Waals surface area contributed by atoms with E-state index >= 15 is 0 Å². The topological polar surface area (TPSA) is 86.1 Å². The van der Waals surface area contributed by atoms with Crippen LogP contribution in [-0.4, -0.2) is 28.6 Å². The van der Waals surface area contributed by atoms with Crippen molar-refractivity contribution < 1.29 is 12.2 Å². The average molecular weight is 308 g/mol. The number of nitrogens with zero attached hydrogens (tertiary/aromatic N) is 2. The summed E-state index contributed by atoms with van der Waals surface area (Å²) >= 11 is -3.54. The second kappa shape index (κ2) is 5.75. The minimum atomic E-state index is -3.54. The van der Waals surface area contributed by atoms with Gasteiger partial charge < -0.3 is 0 Å². The van der Waals surface area contributed by atoms with Crippen LogP contribution in [0.5, 0.6) is 0 Å². The standard InChI is InChI=1S/C12H8N2.H2O3Se/c1-3-9-5-6-10-4-2-8-14-12(10)11(9)13-7-1;1-4(2)3/h1-8H;(H2,1,2,3)/p-1. The zero-order chi connectivity index (χ0) is 13.0. The van der Waals surface area contributed by atoms with Crippen molar-refractivity contribution in [1.29, 1.82) is 0 Å². The van der Waals surface area contributed by atoms with Crippen molar-refractivity contribution in [3.8, 4) is 0 Å². The molecular formula is C12H9N2O3Se-. The van der Waals surface area contributed by atoms with Gasteiger partial charge in [0.25, 0.3) is 0 Å². The molecule has 0 aliphatic heterocycles. The van der Waals surface area contributed by atoms with Crippen LogP contribution in [0.3, 0.4) is 0 Å². The van der Waals surface area contributed by atoms with Gasteiger partial charge in [0.15, 0.2) is 0 Å². The molecule has 1 atom stereocenters. The van der Waals surface area contributed by atoms with E-state index in [1.54, 1.807) is 12.4 Å². The van der Waals surface area contributed by atoms with Crippen LogP contribution in [0.4, 0.5) is 0 Å². The summed E-state index contributed by atoms with van der Waals surface area (Å²) in [6.45, 7) is 0. The molecule has 3 aromatic rings. The Morgan fingerprint density at radius 2 is 1.33 bits per heavy atom. The Balaban J connectivity index is 0.000000267. The van der Waals surface area contributed by atoms with Gasteiger partial charge in [0.05, 0.1) is 11.0 Å². The van der Waals surface area contributed by atoms with Gasteiger partial charge in [-0.2, -0.15) is 0 Å². The summed E-state index contributed by atoms with van der Waals surface area (Å²) in [6, 6.07) is 12.1. The number of hydrogen-bond acceptors (Lipinski definition) is 4. The molecule has 2 aromatic heterocycles. The van der Waals surface area contributed by atoms with Crippen molar-refractivity contribution >= 4 is 36.3 Å². The molecule has 0 amide bonds. The summed E-state index contributed by atoms with van der Waals surface area (Å²) in [6.07, 6.45) is 3.60. The first-order valence-electron chi connectivity index (χ1n) is 5.05. The fourth-order valence-electron chi connectivity index (χ4n) is 1.68. The largest absolute Gasteiger partial charge is 0.254 e. The third-order valence-electron chi connectivity index (χ3n) is 2.34. The first kappa shape index (κ1) is 12.7. The van der Waals surface area contributed by atoms with Gasteiger partial charge in [-0.15, -0.1) is 0 Å². The molecule has 0 aliphatic rings. The predicted octanol–water partition coefficient (Wildman–Crippen LogP) is 0.537. The Hall–Kier alpha value is -1.72. The van der Waals surface area contributed by atoms with Crippen molar-refractivity contribution in [1.82, 2.24) is 9.97 Å². The number of rotatable bonds is 0. The Morgan fingerprint density at radius 1 is 0.944 bits per heavy atom. The first-order valence-corrected chi connectivity index (χ1v) is 7.22. The zero-order valence-electron chi connectivity index (χ0n) is 9.19. The van der Waals surface area contributed by atoms with Crippen molar-refractivity contribution in [3.05, 3.63) is 48.8 Å². The summed E-state index contributed by atoms with van der Waals surface area (Å²) in [7, 11) is 0. The summed E-state index contributed by atoms with van der Waals surface area (Å²) in [5.41, 5.74) is 1.95. The van der Waals surface area contributed by atoms with Crippen molar-refractivity contribution in [3.63, 3.8) is 0 Å². The molecule has 1 N–H and O–H groups in total. The Kier molecular flexibility index (Phi) is 4.07. The van der Waals surface area contributed by atoms with Gasteiger partial charge in [-0.1, -0.05) is 24.3 Å². The van der Waals surface area contributed by atoms with Crippen molar-refractivity contribution in [2.45, 2.75) is 0 Å². The molecule has 5 nitrogen and oxygen atoms in total. The van der Waals surface area contributed by atoms with E-state index in [1.165, 1.54) is 0 Å². The van der Waals surface area contributed by atoms with E-state index in [-0.39, 0.29) is 0 Å². The molecule has 0 bridgehead atoms. The molecule has 0 spiro atoms. The van der Waals surface area contributed by atoms with E-state index in [0.717, 1.165) is 21.8 Å². The quantitative estimate of drug-likeness (QED) is 0.484. The molecule has 0 aliphatic carbocycles. The van der Waals surface area contributed by atoms with Gasteiger partial charge in [0.2, 0.25) is 0 Å². The van der Waals surface area contributed by atoms with Gasteiger partial charge in [0, 0.05) is 23.2 Å². The van der Waals surface area contributed by atoms with Crippen LogP contribution in [-0.2, 0) is 3.83 Å². The van der Waals surface area contributed by atoms with E-state index in [2.05, 4.69) is 34.2 Å². The van der Waals surface area contributed by atoms with Crippen LogP contribution >= 0.6 is 0 Å². The van der Waals surface area contributed by atoms with Gasteiger partial charge in [-0.05, 0) is 12.1 Å². The van der Waals surface area contributed by atoms with E-state index in [1.807, 2.05) is 12.1 Å². The van der Waals surface area contributed by atoms with Crippen molar-refractivity contribution in [2.75, 3.05) is 0 Å². The average Bonchev–Trinajstić information content (AvgIpc) is 2.38. The van der Waals surface area contributed by atoms with Gasteiger partial charge in [-0.25, -0.2) is 0 Å². The second-order valence-corrected chi connectivity index (χ2v) is 4.34. The second-order valence-electron chi connectivity index (χ2n) is 3.43. The number of benzene rings is 1. The smallest absolute Gasteiger partial charge is 0.0964 e. The van der Waals surface area contributed by atoms with Crippen LogP contribution in [0.2, 0.25) is 0 Å². The Bertz CT molecular complexity index is 644. The van der Waals surface area contributed by atoms with Crippen LogP contribution in [0, 0.1) is 0 Å². The van der Waals surface area contributed by atoms with Crippen LogP contribution in [0.1, 0.15) is 0 Å². The Labute approximate surface area is 107 Å². The van der Waals surface area contributed by atoms with Crippen molar-refractivity contribution in [2.24, 2.45) is 0 Å². The minimum Gasteiger partial charge on any atom is -0.254 e. The summed E-state index contributed by atoms with van der Waals surface area (Å²) in [5.74, 6) is 0. The number of hydrogen-bond donors (Lipinski definition) is 1. The molecule has 92 valence electrons. The normalized spacial score (nSPS) is 11.9. The number of pyridine rings is 2. The summed E-state index contributed by atoms with van der Waals surface area (Å²) < 4.78 is 24.4. The predicted molar refractivity (Wildman–Crippen MR) is 65.7 cm³/mol. The fourth-order valence-corrected chi connectivity index (χ4v) is 1.68. The zero-order valence-corrected chi connectivity index (χ0v) is 10.9. The van der Waals surface area contributed by atoms with Crippen LogP contribution in [0.25, 0.3) is 21.8 Å². The van der Waals surface area contributed by atoms with E-state index in [0.29, 0.717) is 0 Å². The molecule has 0 saturated heterocycles. The molecule has 1 unspecified atom stereocenters. The number of fused-ring (bicyclic) bond motifs is 3. The molecule has 6 heteroatoms. The molecular weight excluding hydrogens is 299 g/mol. The molecule has 0 radical (unpaired) electrons. The molecule has 0 saturated carbocycles. The third-order valence-corrected chi connectivity index (χ3v) is 2.34. The summed E-state index contributed by atoms with van der Waals surface area (Å²) in [4.78, 5) is 8.69. The third kappa shape index (κ3) is 2.94. The monoisotopic (exact) mass is 309 g/mol. The van der Waals surface area contributed by atoms with E-state index in [9.17, 15) is 0 Å². The molecule has 18 heavy (non-hydrogen) atoms. The molecule has 2 heterocycles. The first-order chi connectivity index (χ1) is 8.68. The molecule has 0 fully saturated rings. The maximum absolute atomic E-state index is 8.65. The number of aromatic nitrogens is 2. The maximum Gasteiger partial charge on any atom is 0.0964 e. The minimum absolute atomic E-state index is 0.977. The van der Waals surface area contributed by atoms with Gasteiger partial charge >= 0.3 is 26.7 Å². The molecule has 3 rings (SSSR count). The van der Waals surface area contributed by atoms with Gasteiger partial charge in [0.1, 0.15) is 0 Å². The van der Waals surface area contributed by atoms with E-state index < -0.39 is 14.5 Å². The van der Waals surface area contributed by atoms with E-state index in [4.69, 9.17) is 12.2 Å². The van der Waals surface area contributed by atoms with Crippen LogP contribution in [0.15, 0.2) is 48.8 Å². The van der Waals surface area contributed by atoms with Gasteiger partial charge in [-0.3, -0.25) is 9.97 Å². The SMILES string of the molecule is O=[Se]([O-])O.c1cnc2c(c1)ccc1cccnc12. The fraction of sp³-hybridized carbons (Fsp3) is 0. The maximum atomic E-state index is 8.65. The Morgan fingerprint density at radius 3 is 1.72 bits per heavy atom. The molecule has 1 aromatic carbocycles. The summed E-state index contributed by atoms with van der Waals surface area (Å²) in [5, 5.41) is 2.28. The van der Waals surface area contributed by atoms with Crippen LogP contribution < -0.4 is 4.19 Å².